The molecule has 2 aromatic rings. The van der Waals surface area contributed by atoms with Crippen molar-refractivity contribution < 1.29 is 0 Å². The van der Waals surface area contributed by atoms with E-state index in [-0.39, 0.29) is 0 Å². The van der Waals surface area contributed by atoms with Gasteiger partial charge in [-0.1, -0.05) is 0 Å². The van der Waals surface area contributed by atoms with E-state index in [0.29, 0.717) is 0 Å². The molecular weight excluding hydrogens is 515 g/mol. The third-order valence-corrected chi connectivity index (χ3v) is 22.1. The first-order valence-electron chi connectivity index (χ1n) is 10.2. The number of halogens is 1. The fourth-order valence-corrected chi connectivity index (χ4v) is 28.6. The van der Waals surface area contributed by atoms with Crippen LogP contribution in [0.25, 0.3) is 5.70 Å². The van der Waals surface area contributed by atoms with Crippen LogP contribution in [0.15, 0.2) is 71.4 Å². The summed E-state index contributed by atoms with van der Waals surface area (Å²) in [6.45, 7) is 14.0. The third-order valence-electron chi connectivity index (χ3n) is 4.31. The molecule has 0 N–H and O–H groups in total. The minimum atomic E-state index is -2.97. The second kappa shape index (κ2) is 9.54. The number of benzene rings is 2. The molecule has 0 aliphatic carbocycles. The molecule has 0 radical (unpaired) electrons. The fourth-order valence-electron chi connectivity index (χ4n) is 3.61. The minimum absolute atomic E-state index is 1.07. The van der Waals surface area contributed by atoms with Crippen LogP contribution in [0.4, 0.5) is 0 Å². The molecule has 0 fully saturated rings. The van der Waals surface area contributed by atoms with Gasteiger partial charge in [0.25, 0.3) is 0 Å². The van der Waals surface area contributed by atoms with E-state index in [1.807, 2.05) is 0 Å². The summed E-state index contributed by atoms with van der Waals surface area (Å²) >= 11 is -2.97. The first kappa shape index (κ1) is 24.4. The molecule has 0 aromatic heterocycles. The van der Waals surface area contributed by atoms with Gasteiger partial charge < -0.3 is 0 Å². The quantitative estimate of drug-likeness (QED) is 0.259. The second-order valence-electron chi connectivity index (χ2n) is 9.85. The Labute approximate surface area is 187 Å². The Balaban J connectivity index is 2.81. The Bertz CT molecular complexity index is 848. The first-order chi connectivity index (χ1) is 13.3. The molecule has 29 heavy (non-hydrogen) atoms. The Morgan fingerprint density at radius 2 is 1.28 bits per heavy atom. The normalized spacial score (nSPS) is 14.1. The van der Waals surface area contributed by atoms with Crippen LogP contribution in [0.3, 0.4) is 0 Å². The van der Waals surface area contributed by atoms with E-state index in [2.05, 4.69) is 119 Å². The third kappa shape index (κ3) is 7.42. The monoisotopic (exact) mass is 550 g/mol. The molecule has 0 aliphatic rings. The van der Waals surface area contributed by atoms with E-state index in [9.17, 15) is 0 Å². The Hall–Kier alpha value is -0.828. The van der Waals surface area contributed by atoms with Crippen molar-refractivity contribution in [1.29, 1.82) is 0 Å². The van der Waals surface area contributed by atoms with Crippen molar-refractivity contribution in [3.63, 3.8) is 0 Å². The summed E-state index contributed by atoms with van der Waals surface area (Å²) in [6, 6.07) is 21.2. The molecule has 2 rings (SSSR count). The van der Waals surface area contributed by atoms with E-state index in [1.54, 1.807) is 0 Å². The molecule has 0 bridgehead atoms. The van der Waals surface area contributed by atoms with Crippen molar-refractivity contribution in [3.05, 3.63) is 77.9 Å². The van der Waals surface area contributed by atoms with Gasteiger partial charge in [0.15, 0.2) is 0 Å². The van der Waals surface area contributed by atoms with Crippen LogP contribution in [0.2, 0.25) is 49.2 Å². The van der Waals surface area contributed by atoms with Crippen LogP contribution in [0.1, 0.15) is 11.1 Å². The summed E-state index contributed by atoms with van der Waals surface area (Å²) < 4.78 is 7.88. The summed E-state index contributed by atoms with van der Waals surface area (Å²) in [7, 11) is 3.80. The van der Waals surface area contributed by atoms with E-state index in [4.69, 9.17) is 13.6 Å². The maximum atomic E-state index is 7.19. The van der Waals surface area contributed by atoms with Gasteiger partial charge in [0.05, 0.1) is 0 Å². The van der Waals surface area contributed by atoms with E-state index in [1.165, 1.54) is 16.8 Å². The van der Waals surface area contributed by atoms with E-state index >= 15 is 0 Å². The van der Waals surface area contributed by atoms with Crippen molar-refractivity contribution in [2.24, 2.45) is 4.66 Å². The van der Waals surface area contributed by atoms with Gasteiger partial charge in [0, 0.05) is 0 Å². The fraction of sp³-hybridized carbons (Fsp3) is 0.348. The Kier molecular flexibility index (Phi) is 8.04. The van der Waals surface area contributed by atoms with Crippen LogP contribution in [0.5, 0.6) is 0 Å². The van der Waals surface area contributed by atoms with Gasteiger partial charge in [0.2, 0.25) is 0 Å². The number of allylic oxidation sites excluding steroid dienone is 1. The molecule has 0 amide bonds. The topological polar surface area (TPSA) is 15.6 Å². The van der Waals surface area contributed by atoms with Crippen LogP contribution in [-0.4, -0.2) is 42.5 Å². The number of nitrogens with zero attached hydrogens (tertiary/aromatic N) is 2. The van der Waals surface area contributed by atoms with Crippen molar-refractivity contribution in [2.45, 2.75) is 49.2 Å². The molecule has 2 aromatic carbocycles. The molecule has 6 heteroatoms. The molecule has 0 unspecified atom stereocenters. The zero-order valence-corrected chi connectivity index (χ0v) is 24.7. The molecule has 0 atom stereocenters. The number of hydrogen-bond acceptors (Lipinski definition) is 2. The summed E-state index contributed by atoms with van der Waals surface area (Å²) in [5.74, 6) is 0. The first-order valence-corrected chi connectivity index (χ1v) is 27.7. The zero-order valence-electron chi connectivity index (χ0n) is 19.1. The SMILES string of the molecule is C[Si](C)(C)/N=C(/C=C(/c1ccccc1)[N]([Si](C)(C)C)[Sn]([CH3])([CH3])[Cl])c1ccccc1. The molecule has 0 heterocycles. The predicted molar refractivity (Wildman–Crippen MR) is 139 cm³/mol. The van der Waals surface area contributed by atoms with E-state index < -0.39 is 34.0 Å². The average Bonchev–Trinajstić information content (AvgIpc) is 2.58. The average molecular weight is 550 g/mol. The maximum absolute atomic E-state index is 7.19. The van der Waals surface area contributed by atoms with Crippen molar-refractivity contribution in [2.75, 3.05) is 0 Å². The van der Waals surface area contributed by atoms with Gasteiger partial charge in [-0.2, -0.15) is 0 Å². The molecule has 0 saturated heterocycles. The molecule has 0 aliphatic heterocycles. The van der Waals surface area contributed by atoms with Gasteiger partial charge in [-0.05, 0) is 0 Å². The van der Waals surface area contributed by atoms with Gasteiger partial charge in [-0.3, -0.25) is 0 Å². The van der Waals surface area contributed by atoms with E-state index in [0.717, 1.165) is 5.71 Å². The molecule has 0 saturated carbocycles. The Morgan fingerprint density at radius 3 is 1.66 bits per heavy atom. The standard InChI is InChI=1S/C21H29N2Si2.2CH3.ClH.Sn/c1-24(2,3)22-20(18-13-9-7-10-14-18)17-21(23-25(4,5)6)19-15-11-8-12-16-19;;;;/h7-17H,1-6H3;2*1H3;1H;/q-1;;;;+2/p-1/b20-17-,23-21-;;;;. The summed E-state index contributed by atoms with van der Waals surface area (Å²) in [5, 5.41) is 0. The Morgan fingerprint density at radius 1 is 0.828 bits per heavy atom. The molecule has 2 nitrogen and oxygen atoms in total. The van der Waals surface area contributed by atoms with Crippen molar-refractivity contribution in [3.8, 4) is 0 Å². The van der Waals surface area contributed by atoms with Gasteiger partial charge in [0.1, 0.15) is 0 Å². The number of hydrogen-bond donors (Lipinski definition) is 0. The van der Waals surface area contributed by atoms with Gasteiger partial charge in [-0.15, -0.1) is 0 Å². The van der Waals surface area contributed by atoms with Crippen LogP contribution >= 0.6 is 8.92 Å². The zero-order chi connectivity index (χ0) is 21.9. The summed E-state index contributed by atoms with van der Waals surface area (Å²) in [5.41, 5.74) is 4.70. The molecular formula is C23H35ClN2Si2Sn. The van der Waals surface area contributed by atoms with Crippen molar-refractivity contribution in [1.82, 2.24) is 2.79 Å². The van der Waals surface area contributed by atoms with Gasteiger partial charge in [-0.25, -0.2) is 0 Å². The number of rotatable bonds is 7. The van der Waals surface area contributed by atoms with Gasteiger partial charge >= 0.3 is 189 Å². The molecule has 156 valence electrons. The van der Waals surface area contributed by atoms with Crippen molar-refractivity contribution >= 4 is 54.3 Å². The van der Waals surface area contributed by atoms with Crippen LogP contribution in [-0.2, 0) is 0 Å². The summed E-state index contributed by atoms with van der Waals surface area (Å²) in [6.07, 6.45) is 2.31. The van der Waals surface area contributed by atoms with Crippen LogP contribution < -0.4 is 0 Å². The summed E-state index contributed by atoms with van der Waals surface area (Å²) in [4.78, 5) is 4.59. The van der Waals surface area contributed by atoms with Crippen LogP contribution in [0, 0.1) is 0 Å². The second-order valence-corrected chi connectivity index (χ2v) is 36.0. The molecule has 0 spiro atoms. The predicted octanol–water partition coefficient (Wildman–Crippen LogP) is 7.43.